The van der Waals surface area contributed by atoms with Crippen LogP contribution in [0.25, 0.3) is 0 Å². The Morgan fingerprint density at radius 3 is 2.43 bits per heavy atom. The molecule has 116 valence electrons. The van der Waals surface area contributed by atoms with E-state index in [0.29, 0.717) is 32.5 Å². The van der Waals surface area contributed by atoms with E-state index in [9.17, 15) is 0 Å². The Morgan fingerprint density at radius 2 is 1.65 bits per heavy atom. The van der Waals surface area contributed by atoms with Gasteiger partial charge in [-0.3, -0.25) is 0 Å². The number of aromatic nitrogens is 2. The lowest BCUT2D eigenvalue weighted by Crippen LogP contribution is -2.00. The van der Waals surface area contributed by atoms with Gasteiger partial charge in [0, 0.05) is 21.9 Å². The van der Waals surface area contributed by atoms with Crippen LogP contribution in [0.1, 0.15) is 0 Å². The molecular weight excluding hydrogens is 355 g/mol. The van der Waals surface area contributed by atoms with Crippen LogP contribution in [0.2, 0.25) is 15.1 Å². The van der Waals surface area contributed by atoms with Gasteiger partial charge in [-0.2, -0.15) is 4.98 Å². The van der Waals surface area contributed by atoms with Gasteiger partial charge in [0.25, 0.3) is 0 Å². The zero-order valence-corrected chi connectivity index (χ0v) is 14.0. The van der Waals surface area contributed by atoms with Crippen LogP contribution in [-0.2, 0) is 0 Å². The van der Waals surface area contributed by atoms with Crippen molar-refractivity contribution in [1.82, 2.24) is 9.97 Å². The Morgan fingerprint density at radius 1 is 0.826 bits per heavy atom. The molecule has 1 heterocycles. The molecule has 7 heteroatoms. The number of benzene rings is 2. The second-order valence-electron chi connectivity index (χ2n) is 4.65. The molecule has 3 rings (SSSR count). The van der Waals surface area contributed by atoms with Gasteiger partial charge >= 0.3 is 0 Å². The van der Waals surface area contributed by atoms with Crippen LogP contribution in [0.15, 0.2) is 54.7 Å². The highest BCUT2D eigenvalue weighted by atomic mass is 35.5. The van der Waals surface area contributed by atoms with E-state index in [1.165, 1.54) is 0 Å². The van der Waals surface area contributed by atoms with Crippen molar-refractivity contribution >= 4 is 57.9 Å². The summed E-state index contributed by atoms with van der Waals surface area (Å²) < 4.78 is 0. The van der Waals surface area contributed by atoms with Gasteiger partial charge in [0.2, 0.25) is 5.95 Å². The molecule has 0 aliphatic rings. The molecule has 0 bridgehead atoms. The number of halogens is 3. The van der Waals surface area contributed by atoms with Crippen LogP contribution in [0.5, 0.6) is 0 Å². The maximum absolute atomic E-state index is 6.15. The van der Waals surface area contributed by atoms with Crippen molar-refractivity contribution in [2.24, 2.45) is 0 Å². The van der Waals surface area contributed by atoms with Crippen LogP contribution < -0.4 is 10.6 Å². The second-order valence-corrected chi connectivity index (χ2v) is 5.93. The summed E-state index contributed by atoms with van der Waals surface area (Å²) in [6, 6.07) is 14.3. The number of nitrogens with zero attached hydrogens (tertiary/aromatic N) is 2. The van der Waals surface area contributed by atoms with Gasteiger partial charge in [0.1, 0.15) is 5.82 Å². The largest absolute Gasteiger partial charge is 0.339 e. The molecule has 0 atom stereocenters. The van der Waals surface area contributed by atoms with E-state index in [0.717, 1.165) is 5.69 Å². The van der Waals surface area contributed by atoms with Crippen molar-refractivity contribution in [3.05, 3.63) is 69.8 Å². The third-order valence-corrected chi connectivity index (χ3v) is 3.71. The summed E-state index contributed by atoms with van der Waals surface area (Å²) >= 11 is 18.0. The van der Waals surface area contributed by atoms with Crippen LogP contribution >= 0.6 is 34.8 Å². The highest BCUT2D eigenvalue weighted by molar-refractivity contribution is 6.36. The smallest absolute Gasteiger partial charge is 0.229 e. The molecule has 0 saturated heterocycles. The molecule has 1 aromatic heterocycles. The third kappa shape index (κ3) is 4.26. The van der Waals surface area contributed by atoms with E-state index in [1.54, 1.807) is 42.6 Å². The van der Waals surface area contributed by atoms with E-state index in [-0.39, 0.29) is 0 Å². The first-order valence-corrected chi connectivity index (χ1v) is 7.81. The summed E-state index contributed by atoms with van der Waals surface area (Å²) in [5.41, 5.74) is 1.52. The van der Waals surface area contributed by atoms with Crippen LogP contribution in [0.3, 0.4) is 0 Å². The van der Waals surface area contributed by atoms with Gasteiger partial charge in [-0.15, -0.1) is 0 Å². The molecule has 23 heavy (non-hydrogen) atoms. The fourth-order valence-corrected chi connectivity index (χ4v) is 2.56. The van der Waals surface area contributed by atoms with Gasteiger partial charge in [-0.1, -0.05) is 40.9 Å². The standard InChI is InChI=1S/C16H11Cl3N4/c17-10-2-1-3-12(8-10)21-16-20-7-6-15(23-16)22-14-5-4-11(18)9-13(14)19/h1-9H,(H2,20,21,22,23). The minimum atomic E-state index is 0.447. The van der Waals surface area contributed by atoms with Crippen molar-refractivity contribution in [3.63, 3.8) is 0 Å². The zero-order chi connectivity index (χ0) is 16.2. The molecule has 3 aromatic rings. The van der Waals surface area contributed by atoms with E-state index in [4.69, 9.17) is 34.8 Å². The SMILES string of the molecule is Clc1cccc(Nc2nccc(Nc3ccc(Cl)cc3Cl)n2)c1. The third-order valence-electron chi connectivity index (χ3n) is 2.93. The molecule has 0 aliphatic heterocycles. The van der Waals surface area contributed by atoms with Crippen LogP contribution in [-0.4, -0.2) is 9.97 Å². The predicted molar refractivity (Wildman–Crippen MR) is 96.5 cm³/mol. The van der Waals surface area contributed by atoms with Crippen molar-refractivity contribution in [1.29, 1.82) is 0 Å². The highest BCUT2D eigenvalue weighted by Crippen LogP contribution is 2.28. The Balaban J connectivity index is 1.79. The first-order chi connectivity index (χ1) is 11.1. The molecule has 0 radical (unpaired) electrons. The normalized spacial score (nSPS) is 10.4. The van der Waals surface area contributed by atoms with Crippen LogP contribution in [0.4, 0.5) is 23.1 Å². The summed E-state index contributed by atoms with van der Waals surface area (Å²) in [6.07, 6.45) is 1.64. The molecule has 0 aliphatic carbocycles. The number of rotatable bonds is 4. The van der Waals surface area contributed by atoms with Gasteiger partial charge in [-0.05, 0) is 42.5 Å². The lowest BCUT2D eigenvalue weighted by Gasteiger charge is -2.10. The summed E-state index contributed by atoms with van der Waals surface area (Å²) in [5.74, 6) is 1.05. The average molecular weight is 366 g/mol. The van der Waals surface area contributed by atoms with Gasteiger partial charge in [0.05, 0.1) is 10.7 Å². The topological polar surface area (TPSA) is 49.8 Å². The molecule has 2 aromatic carbocycles. The van der Waals surface area contributed by atoms with E-state index in [2.05, 4.69) is 20.6 Å². The van der Waals surface area contributed by atoms with Crippen LogP contribution in [0, 0.1) is 0 Å². The first kappa shape index (κ1) is 15.9. The Hall–Kier alpha value is -2.01. The Kier molecular flexibility index (Phi) is 4.86. The van der Waals surface area contributed by atoms with E-state index >= 15 is 0 Å². The van der Waals surface area contributed by atoms with Crippen molar-refractivity contribution in [3.8, 4) is 0 Å². The fourth-order valence-electron chi connectivity index (χ4n) is 1.91. The highest BCUT2D eigenvalue weighted by Gasteiger charge is 2.05. The summed E-state index contributed by atoms with van der Waals surface area (Å²) in [4.78, 5) is 8.57. The predicted octanol–water partition coefficient (Wildman–Crippen LogP) is 5.92. The molecule has 0 spiro atoms. The molecule has 0 unspecified atom stereocenters. The van der Waals surface area contributed by atoms with Gasteiger partial charge in [-0.25, -0.2) is 4.98 Å². The average Bonchev–Trinajstić information content (AvgIpc) is 2.51. The quantitative estimate of drug-likeness (QED) is 0.602. The summed E-state index contributed by atoms with van der Waals surface area (Å²) in [7, 11) is 0. The van der Waals surface area contributed by atoms with E-state index < -0.39 is 0 Å². The van der Waals surface area contributed by atoms with E-state index in [1.807, 2.05) is 12.1 Å². The number of anilines is 4. The second kappa shape index (κ2) is 7.04. The minimum absolute atomic E-state index is 0.447. The van der Waals surface area contributed by atoms with Crippen molar-refractivity contribution < 1.29 is 0 Å². The first-order valence-electron chi connectivity index (χ1n) is 6.68. The Labute approximate surface area is 148 Å². The van der Waals surface area contributed by atoms with Gasteiger partial charge in [0.15, 0.2) is 0 Å². The molecule has 0 fully saturated rings. The number of hydrogen-bond acceptors (Lipinski definition) is 4. The fraction of sp³-hybridized carbons (Fsp3) is 0. The summed E-state index contributed by atoms with van der Waals surface area (Å²) in [5, 5.41) is 7.95. The summed E-state index contributed by atoms with van der Waals surface area (Å²) in [6.45, 7) is 0. The Bertz CT molecular complexity index is 839. The maximum atomic E-state index is 6.15. The maximum Gasteiger partial charge on any atom is 0.229 e. The molecule has 0 amide bonds. The minimum Gasteiger partial charge on any atom is -0.339 e. The molecule has 2 N–H and O–H groups in total. The zero-order valence-electron chi connectivity index (χ0n) is 11.7. The molecule has 0 saturated carbocycles. The lowest BCUT2D eigenvalue weighted by atomic mass is 10.3. The molecular formula is C16H11Cl3N4. The van der Waals surface area contributed by atoms with Crippen molar-refractivity contribution in [2.45, 2.75) is 0 Å². The molecule has 4 nitrogen and oxygen atoms in total. The van der Waals surface area contributed by atoms with Gasteiger partial charge < -0.3 is 10.6 Å². The number of nitrogens with one attached hydrogen (secondary N) is 2. The number of hydrogen-bond donors (Lipinski definition) is 2. The van der Waals surface area contributed by atoms with Crippen molar-refractivity contribution in [2.75, 3.05) is 10.6 Å². The lowest BCUT2D eigenvalue weighted by molar-refractivity contribution is 1.17. The monoisotopic (exact) mass is 364 g/mol.